The van der Waals surface area contributed by atoms with Crippen LogP contribution in [0.3, 0.4) is 0 Å². The number of rotatable bonds is 4. The first-order valence-electron chi connectivity index (χ1n) is 15.2. The van der Waals surface area contributed by atoms with E-state index in [2.05, 4.69) is 15.1 Å². The van der Waals surface area contributed by atoms with Crippen molar-refractivity contribution >= 4 is 29.5 Å². The summed E-state index contributed by atoms with van der Waals surface area (Å²) in [6, 6.07) is 5.21. The fraction of sp³-hybridized carbons (Fsp3) is 0.677. The fourth-order valence-electron chi connectivity index (χ4n) is 7.24. The number of carbonyl (C=O) groups is 4. The average molecular weight is 584 g/mol. The first-order chi connectivity index (χ1) is 19.8. The van der Waals surface area contributed by atoms with Gasteiger partial charge in [0, 0.05) is 75.4 Å². The molecule has 228 valence electrons. The maximum Gasteiger partial charge on any atom is 0.410 e. The number of nitrogens with zero attached hydrogens (tertiary/aromatic N) is 4. The highest BCUT2D eigenvalue weighted by Crippen LogP contribution is 2.48. The fourth-order valence-corrected chi connectivity index (χ4v) is 7.24. The molecule has 0 bridgehead atoms. The Morgan fingerprint density at radius 3 is 2.38 bits per heavy atom. The lowest BCUT2D eigenvalue weighted by molar-refractivity contribution is -0.136. The highest BCUT2D eigenvalue weighted by Gasteiger charge is 2.52. The third-order valence-corrected chi connectivity index (χ3v) is 9.66. The van der Waals surface area contributed by atoms with Crippen molar-refractivity contribution in [2.45, 2.75) is 83.2 Å². The van der Waals surface area contributed by atoms with Crippen LogP contribution in [0.15, 0.2) is 18.2 Å². The number of ether oxygens (including phenoxy) is 1. The van der Waals surface area contributed by atoms with E-state index >= 15 is 4.39 Å². The Bertz CT molecular complexity index is 1270. The number of alkyl halides is 1. The molecule has 1 N–H and O–H groups in total. The summed E-state index contributed by atoms with van der Waals surface area (Å²) < 4.78 is 21.4. The van der Waals surface area contributed by atoms with Gasteiger partial charge >= 0.3 is 6.09 Å². The molecule has 1 atom stereocenters. The maximum absolute atomic E-state index is 15.9. The summed E-state index contributed by atoms with van der Waals surface area (Å²) in [6.45, 7) is 10.8. The number of nitrogens with one attached hydrogen (secondary N) is 1. The van der Waals surface area contributed by atoms with Gasteiger partial charge in [-0.3, -0.25) is 24.6 Å². The summed E-state index contributed by atoms with van der Waals surface area (Å²) in [4.78, 5) is 57.0. The summed E-state index contributed by atoms with van der Waals surface area (Å²) in [5, 5.41) is 2.34. The predicted octanol–water partition coefficient (Wildman–Crippen LogP) is 3.09. The highest BCUT2D eigenvalue weighted by atomic mass is 19.1. The molecule has 5 aliphatic rings. The van der Waals surface area contributed by atoms with Gasteiger partial charge in [-0.2, -0.15) is 0 Å². The van der Waals surface area contributed by atoms with E-state index in [-0.39, 0.29) is 29.7 Å². The number of halogens is 1. The van der Waals surface area contributed by atoms with Gasteiger partial charge in [-0.05, 0) is 76.6 Å². The van der Waals surface area contributed by atoms with Crippen LogP contribution in [-0.4, -0.2) is 102 Å². The number of imide groups is 1. The number of likely N-dealkylation sites (tertiary alicyclic amines) is 1. The lowest BCUT2D eigenvalue weighted by atomic mass is 9.65. The van der Waals surface area contributed by atoms with E-state index < -0.39 is 23.2 Å². The van der Waals surface area contributed by atoms with Crippen molar-refractivity contribution in [1.82, 2.24) is 20.0 Å². The number of carbonyl (C=O) groups excluding carboxylic acids is 4. The second-order valence-corrected chi connectivity index (χ2v) is 14.0. The second kappa shape index (κ2) is 10.5. The van der Waals surface area contributed by atoms with Gasteiger partial charge in [-0.15, -0.1) is 0 Å². The normalized spacial score (nSPS) is 25.8. The number of fused-ring (bicyclic) bond motifs is 1. The van der Waals surface area contributed by atoms with E-state index in [4.69, 9.17) is 4.74 Å². The summed E-state index contributed by atoms with van der Waals surface area (Å²) in [5.74, 6) is -0.867. The highest BCUT2D eigenvalue weighted by molar-refractivity contribution is 6.05. The molecule has 1 spiro atoms. The molecule has 1 aromatic rings. The second-order valence-electron chi connectivity index (χ2n) is 14.0. The van der Waals surface area contributed by atoms with Crippen LogP contribution in [0.5, 0.6) is 0 Å². The molecule has 6 rings (SSSR count). The summed E-state index contributed by atoms with van der Waals surface area (Å²) >= 11 is 0. The van der Waals surface area contributed by atoms with Gasteiger partial charge in [0.05, 0.1) is 0 Å². The van der Waals surface area contributed by atoms with Crippen molar-refractivity contribution in [3.05, 3.63) is 29.3 Å². The van der Waals surface area contributed by atoms with E-state index in [0.29, 0.717) is 51.0 Å². The van der Waals surface area contributed by atoms with Gasteiger partial charge in [0.25, 0.3) is 5.91 Å². The molecule has 0 radical (unpaired) electrons. The van der Waals surface area contributed by atoms with Crippen molar-refractivity contribution in [3.63, 3.8) is 0 Å². The number of piperidine rings is 1. The van der Waals surface area contributed by atoms with Crippen LogP contribution in [0.1, 0.15) is 75.2 Å². The number of anilines is 1. The molecule has 42 heavy (non-hydrogen) atoms. The van der Waals surface area contributed by atoms with Crippen LogP contribution in [0, 0.1) is 5.41 Å². The average Bonchev–Trinajstić information content (AvgIpc) is 3.22. The molecule has 11 heteroatoms. The molecule has 4 heterocycles. The number of hydrogen-bond acceptors (Lipinski definition) is 7. The number of amides is 4. The first-order valence-corrected chi connectivity index (χ1v) is 15.2. The third kappa shape index (κ3) is 5.72. The van der Waals surface area contributed by atoms with Gasteiger partial charge in [0.1, 0.15) is 17.3 Å². The summed E-state index contributed by atoms with van der Waals surface area (Å²) in [6.07, 6.45) is 2.96. The van der Waals surface area contributed by atoms with Gasteiger partial charge in [-0.25, -0.2) is 9.18 Å². The standard InChI is InChI=1S/C31H42FN5O5/c1-29(2,3)42-28(41)36-18-30(19-36)8-10-31(32,11-9-30)20-34-12-14-35(15-13-34)22-4-5-23-21(16-22)17-37(27(23)40)24-6-7-25(38)33-26(24)39/h4-5,16,24H,6-15,17-20H2,1-3H3,(H,33,38,39)/t24-/m0/s1. The Labute approximate surface area is 246 Å². The number of benzene rings is 1. The van der Waals surface area contributed by atoms with Crippen LogP contribution in [-0.2, 0) is 20.9 Å². The van der Waals surface area contributed by atoms with E-state index in [1.165, 1.54) is 0 Å². The largest absolute Gasteiger partial charge is 0.444 e. The van der Waals surface area contributed by atoms with Crippen molar-refractivity contribution in [3.8, 4) is 0 Å². The monoisotopic (exact) mass is 583 g/mol. The van der Waals surface area contributed by atoms with Crippen LogP contribution in [0.4, 0.5) is 14.9 Å². The van der Waals surface area contributed by atoms with Gasteiger partial charge in [0.15, 0.2) is 0 Å². The Hall–Kier alpha value is -3.21. The number of hydrogen-bond donors (Lipinski definition) is 1. The predicted molar refractivity (Wildman–Crippen MR) is 154 cm³/mol. The topological polar surface area (TPSA) is 102 Å². The van der Waals surface area contributed by atoms with Gasteiger partial charge in [0.2, 0.25) is 11.8 Å². The molecule has 4 fully saturated rings. The maximum atomic E-state index is 15.9. The molecule has 1 saturated carbocycles. The van der Waals surface area contributed by atoms with E-state index in [1.807, 2.05) is 39.0 Å². The van der Waals surface area contributed by atoms with E-state index in [9.17, 15) is 19.2 Å². The Kier molecular flexibility index (Phi) is 7.22. The molecular weight excluding hydrogens is 541 g/mol. The minimum absolute atomic E-state index is 0.0356. The minimum Gasteiger partial charge on any atom is -0.444 e. The molecular formula is C31H42FN5O5. The lowest BCUT2D eigenvalue weighted by Crippen LogP contribution is -2.62. The zero-order chi connectivity index (χ0) is 29.9. The van der Waals surface area contributed by atoms with Gasteiger partial charge < -0.3 is 19.4 Å². The van der Waals surface area contributed by atoms with Gasteiger partial charge in [-0.1, -0.05) is 0 Å². The lowest BCUT2D eigenvalue weighted by Gasteiger charge is -2.54. The SMILES string of the molecule is CC(C)(C)OC(=O)N1CC2(CCC(F)(CN3CCN(c4ccc5c(c4)CN([C@H]4CCC(=O)NC4=O)C5=O)CC3)CC2)C1. The third-order valence-electron chi connectivity index (χ3n) is 9.66. The molecule has 10 nitrogen and oxygen atoms in total. The Morgan fingerprint density at radius 2 is 1.74 bits per heavy atom. The van der Waals surface area contributed by atoms with E-state index in [1.54, 1.807) is 9.80 Å². The minimum atomic E-state index is -1.20. The van der Waals surface area contributed by atoms with Crippen molar-refractivity contribution in [2.75, 3.05) is 50.7 Å². The molecule has 4 amide bonds. The number of piperazine rings is 1. The van der Waals surface area contributed by atoms with Crippen molar-refractivity contribution < 1.29 is 28.3 Å². The van der Waals surface area contributed by atoms with Crippen LogP contribution in [0.25, 0.3) is 0 Å². The summed E-state index contributed by atoms with van der Waals surface area (Å²) in [7, 11) is 0. The Balaban J connectivity index is 0.978. The molecule has 0 aromatic heterocycles. The van der Waals surface area contributed by atoms with Crippen LogP contribution in [0.2, 0.25) is 0 Å². The van der Waals surface area contributed by atoms with Crippen molar-refractivity contribution in [1.29, 1.82) is 0 Å². The quantitative estimate of drug-likeness (QED) is 0.544. The zero-order valence-electron chi connectivity index (χ0n) is 24.9. The van der Waals surface area contributed by atoms with E-state index in [0.717, 1.165) is 50.3 Å². The van der Waals surface area contributed by atoms with Crippen LogP contribution < -0.4 is 10.2 Å². The molecule has 3 saturated heterocycles. The molecule has 0 unspecified atom stereocenters. The van der Waals surface area contributed by atoms with Crippen LogP contribution >= 0.6 is 0 Å². The molecule has 1 aliphatic carbocycles. The Morgan fingerprint density at radius 1 is 1.05 bits per heavy atom. The first kappa shape index (κ1) is 28.9. The molecule has 1 aromatic carbocycles. The summed E-state index contributed by atoms with van der Waals surface area (Å²) in [5.41, 5.74) is 0.853. The van der Waals surface area contributed by atoms with Crippen molar-refractivity contribution in [2.24, 2.45) is 5.41 Å². The molecule has 4 aliphatic heterocycles. The zero-order valence-corrected chi connectivity index (χ0v) is 24.9. The smallest absolute Gasteiger partial charge is 0.410 e.